The van der Waals surface area contributed by atoms with Gasteiger partial charge < -0.3 is 10.8 Å². The van der Waals surface area contributed by atoms with E-state index in [0.717, 1.165) is 29.5 Å². The Balaban J connectivity index is 2.58. The molecule has 0 heterocycles. The molecule has 0 radical (unpaired) electrons. The zero-order chi connectivity index (χ0) is 10.3. The number of carboxylic acid groups (broad SMARTS) is 1. The first-order chi connectivity index (χ1) is 6.61. The largest absolute Gasteiger partial charge is 0.478 e. The van der Waals surface area contributed by atoms with E-state index in [9.17, 15) is 4.79 Å². The Kier molecular flexibility index (Phi) is 2.04. The van der Waals surface area contributed by atoms with E-state index in [1.807, 2.05) is 13.0 Å². The molecule has 74 valence electrons. The van der Waals surface area contributed by atoms with Gasteiger partial charge >= 0.3 is 5.97 Å². The lowest BCUT2D eigenvalue weighted by atomic mass is 9.98. The van der Waals surface area contributed by atoms with Gasteiger partial charge in [-0.25, -0.2) is 4.79 Å². The van der Waals surface area contributed by atoms with Crippen molar-refractivity contribution in [1.82, 2.24) is 0 Å². The Morgan fingerprint density at radius 3 is 2.93 bits per heavy atom. The molecule has 2 rings (SSSR count). The van der Waals surface area contributed by atoms with Crippen molar-refractivity contribution in [2.75, 3.05) is 0 Å². The molecule has 3 N–H and O–H groups in total. The van der Waals surface area contributed by atoms with Crippen LogP contribution in [-0.2, 0) is 6.42 Å². The molecular weight excluding hydrogens is 178 g/mol. The summed E-state index contributed by atoms with van der Waals surface area (Å²) in [5.74, 6) is -0.856. The number of nitrogens with two attached hydrogens (primary N) is 1. The summed E-state index contributed by atoms with van der Waals surface area (Å²) in [4.78, 5) is 10.9. The van der Waals surface area contributed by atoms with Crippen molar-refractivity contribution < 1.29 is 9.90 Å². The maximum Gasteiger partial charge on any atom is 0.335 e. The molecule has 0 saturated heterocycles. The van der Waals surface area contributed by atoms with Gasteiger partial charge in [-0.15, -0.1) is 0 Å². The number of carbonyl (C=O) groups is 1. The van der Waals surface area contributed by atoms with Gasteiger partial charge in [-0.3, -0.25) is 0 Å². The van der Waals surface area contributed by atoms with E-state index in [-0.39, 0.29) is 6.04 Å². The number of fused-ring (bicyclic) bond motifs is 1. The van der Waals surface area contributed by atoms with Crippen molar-refractivity contribution in [3.63, 3.8) is 0 Å². The van der Waals surface area contributed by atoms with Gasteiger partial charge in [0, 0.05) is 6.04 Å². The normalized spacial score (nSPS) is 19.4. The van der Waals surface area contributed by atoms with E-state index < -0.39 is 5.97 Å². The van der Waals surface area contributed by atoms with Crippen LogP contribution in [0.4, 0.5) is 0 Å². The van der Waals surface area contributed by atoms with E-state index in [2.05, 4.69) is 0 Å². The first kappa shape index (κ1) is 9.21. The smallest absolute Gasteiger partial charge is 0.335 e. The van der Waals surface area contributed by atoms with Crippen LogP contribution in [0.2, 0.25) is 0 Å². The molecule has 1 aromatic rings. The molecule has 3 nitrogen and oxygen atoms in total. The Morgan fingerprint density at radius 2 is 2.29 bits per heavy atom. The van der Waals surface area contributed by atoms with E-state index in [1.165, 1.54) is 0 Å². The third-order valence-corrected chi connectivity index (χ3v) is 2.97. The molecule has 1 atom stereocenters. The monoisotopic (exact) mass is 191 g/mol. The van der Waals surface area contributed by atoms with Crippen LogP contribution in [0.15, 0.2) is 12.1 Å². The molecule has 0 amide bonds. The average molecular weight is 191 g/mol. The van der Waals surface area contributed by atoms with Gasteiger partial charge in [-0.1, -0.05) is 6.07 Å². The van der Waals surface area contributed by atoms with Crippen LogP contribution in [0.25, 0.3) is 0 Å². The summed E-state index contributed by atoms with van der Waals surface area (Å²) >= 11 is 0. The Bertz CT molecular complexity index is 399. The lowest BCUT2D eigenvalue weighted by Gasteiger charge is -2.09. The van der Waals surface area contributed by atoms with E-state index in [4.69, 9.17) is 10.8 Å². The van der Waals surface area contributed by atoms with Crippen molar-refractivity contribution in [3.05, 3.63) is 34.4 Å². The number of hydrogen-bond donors (Lipinski definition) is 2. The lowest BCUT2D eigenvalue weighted by Crippen LogP contribution is -2.07. The second-order valence-corrected chi connectivity index (χ2v) is 3.76. The van der Waals surface area contributed by atoms with Gasteiger partial charge in [0.1, 0.15) is 0 Å². The highest BCUT2D eigenvalue weighted by Crippen LogP contribution is 2.32. The maximum absolute atomic E-state index is 10.9. The number of benzene rings is 1. The third kappa shape index (κ3) is 1.21. The molecule has 14 heavy (non-hydrogen) atoms. The summed E-state index contributed by atoms with van der Waals surface area (Å²) < 4.78 is 0. The third-order valence-electron chi connectivity index (χ3n) is 2.97. The highest BCUT2D eigenvalue weighted by atomic mass is 16.4. The van der Waals surface area contributed by atoms with Gasteiger partial charge in [-0.2, -0.15) is 0 Å². The summed E-state index contributed by atoms with van der Waals surface area (Å²) in [6.07, 6.45) is 1.84. The molecule has 0 saturated carbocycles. The van der Waals surface area contributed by atoms with Crippen LogP contribution in [0.1, 0.15) is 39.5 Å². The summed E-state index contributed by atoms with van der Waals surface area (Å²) in [6, 6.07) is 3.59. The highest BCUT2D eigenvalue weighted by molar-refractivity contribution is 5.90. The van der Waals surface area contributed by atoms with Crippen LogP contribution < -0.4 is 5.73 Å². The number of aromatic carboxylic acids is 1. The van der Waals surface area contributed by atoms with E-state index in [0.29, 0.717) is 5.56 Å². The van der Waals surface area contributed by atoms with Crippen LogP contribution in [0.5, 0.6) is 0 Å². The predicted molar refractivity (Wildman–Crippen MR) is 53.4 cm³/mol. The molecule has 0 bridgehead atoms. The SMILES string of the molecule is Cc1c(C(=O)O)ccc2c1CCC2N. The molecule has 0 fully saturated rings. The highest BCUT2D eigenvalue weighted by Gasteiger charge is 2.23. The van der Waals surface area contributed by atoms with Gasteiger partial charge in [0.25, 0.3) is 0 Å². The van der Waals surface area contributed by atoms with E-state index in [1.54, 1.807) is 6.07 Å². The Labute approximate surface area is 82.5 Å². The van der Waals surface area contributed by atoms with Crippen LogP contribution in [-0.4, -0.2) is 11.1 Å². The van der Waals surface area contributed by atoms with E-state index >= 15 is 0 Å². The quantitative estimate of drug-likeness (QED) is 0.709. The van der Waals surface area contributed by atoms with Crippen molar-refractivity contribution in [2.24, 2.45) is 5.73 Å². The Hall–Kier alpha value is -1.35. The minimum atomic E-state index is -0.856. The fraction of sp³-hybridized carbons (Fsp3) is 0.364. The average Bonchev–Trinajstić information content (AvgIpc) is 2.49. The van der Waals surface area contributed by atoms with Gasteiger partial charge in [0.05, 0.1) is 5.56 Å². The summed E-state index contributed by atoms with van der Waals surface area (Å²) in [6.45, 7) is 1.86. The van der Waals surface area contributed by atoms with Crippen LogP contribution in [0, 0.1) is 6.92 Å². The molecule has 1 aromatic carbocycles. The number of hydrogen-bond acceptors (Lipinski definition) is 2. The molecule has 1 aliphatic rings. The van der Waals surface area contributed by atoms with Crippen molar-refractivity contribution in [2.45, 2.75) is 25.8 Å². The predicted octanol–water partition coefficient (Wildman–Crippen LogP) is 1.64. The van der Waals surface area contributed by atoms with Crippen molar-refractivity contribution in [3.8, 4) is 0 Å². The maximum atomic E-state index is 10.9. The zero-order valence-corrected chi connectivity index (χ0v) is 8.08. The standard InChI is InChI=1S/C11H13NO2/c1-6-7-4-5-10(12)9(7)3-2-8(6)11(13)14/h2-3,10H,4-5,12H2,1H3,(H,13,14). The zero-order valence-electron chi connectivity index (χ0n) is 8.08. The first-order valence-corrected chi connectivity index (χ1v) is 4.72. The molecule has 0 aliphatic heterocycles. The van der Waals surface area contributed by atoms with Crippen molar-refractivity contribution >= 4 is 5.97 Å². The molecule has 1 aliphatic carbocycles. The van der Waals surface area contributed by atoms with Gasteiger partial charge in [-0.05, 0) is 42.5 Å². The molecular formula is C11H13NO2. The summed E-state index contributed by atoms with van der Waals surface area (Å²) in [5, 5.41) is 8.93. The number of rotatable bonds is 1. The summed E-state index contributed by atoms with van der Waals surface area (Å²) in [7, 11) is 0. The Morgan fingerprint density at radius 1 is 1.57 bits per heavy atom. The fourth-order valence-corrected chi connectivity index (χ4v) is 2.14. The molecule has 0 aromatic heterocycles. The minimum Gasteiger partial charge on any atom is -0.478 e. The second kappa shape index (κ2) is 3.10. The van der Waals surface area contributed by atoms with Crippen LogP contribution in [0.3, 0.4) is 0 Å². The number of carboxylic acids is 1. The molecule has 1 unspecified atom stereocenters. The summed E-state index contributed by atoms with van der Waals surface area (Å²) in [5.41, 5.74) is 9.43. The fourth-order valence-electron chi connectivity index (χ4n) is 2.14. The van der Waals surface area contributed by atoms with Crippen LogP contribution >= 0.6 is 0 Å². The van der Waals surface area contributed by atoms with Gasteiger partial charge in [0.15, 0.2) is 0 Å². The lowest BCUT2D eigenvalue weighted by molar-refractivity contribution is 0.0696. The second-order valence-electron chi connectivity index (χ2n) is 3.76. The first-order valence-electron chi connectivity index (χ1n) is 4.72. The van der Waals surface area contributed by atoms with Gasteiger partial charge in [0.2, 0.25) is 0 Å². The minimum absolute atomic E-state index is 0.0894. The van der Waals surface area contributed by atoms with Crippen molar-refractivity contribution in [1.29, 1.82) is 0 Å². The topological polar surface area (TPSA) is 63.3 Å². The molecule has 3 heteroatoms. The molecule has 0 spiro atoms.